The number of imidazole rings is 1. The molecule has 6 heteroatoms. The molecule has 6 nitrogen and oxygen atoms in total. The van der Waals surface area contributed by atoms with Gasteiger partial charge in [0.05, 0.1) is 12.6 Å². The van der Waals surface area contributed by atoms with Crippen molar-refractivity contribution in [2.75, 3.05) is 6.54 Å². The molecule has 1 aromatic heterocycles. The molecule has 2 rings (SSSR count). The molecule has 1 saturated heterocycles. The van der Waals surface area contributed by atoms with Crippen LogP contribution in [0.5, 0.6) is 0 Å². The predicted octanol–water partition coefficient (Wildman–Crippen LogP) is -0.468. The van der Waals surface area contributed by atoms with Crippen molar-refractivity contribution < 1.29 is 9.53 Å². The molecule has 1 fully saturated rings. The molecule has 0 radical (unpaired) electrons. The molecule has 1 amide bonds. The number of ether oxygens (including phenoxy) is 1. The van der Waals surface area contributed by atoms with Gasteiger partial charge in [-0.05, 0) is 12.8 Å². The van der Waals surface area contributed by atoms with Crippen molar-refractivity contribution in [1.29, 1.82) is 0 Å². The summed E-state index contributed by atoms with van der Waals surface area (Å²) in [6, 6.07) is 0. The van der Waals surface area contributed by atoms with E-state index in [9.17, 15) is 4.79 Å². The number of nitrogens with zero attached hydrogens (tertiary/aromatic N) is 1. The molecular formula is C10H16N4O2. The summed E-state index contributed by atoms with van der Waals surface area (Å²) in [7, 11) is 0. The first-order valence-electron chi connectivity index (χ1n) is 5.41. The number of nitrogens with two attached hydrogens (primary N) is 1. The zero-order chi connectivity index (χ0) is 11.4. The number of nitrogens with one attached hydrogen (secondary N) is 2. The Hall–Kier alpha value is -1.40. The fourth-order valence-electron chi connectivity index (χ4n) is 1.75. The molecule has 2 unspecified atom stereocenters. The van der Waals surface area contributed by atoms with Gasteiger partial charge in [-0.3, -0.25) is 4.79 Å². The Morgan fingerprint density at radius 2 is 2.56 bits per heavy atom. The maximum Gasteiger partial charge on any atom is 0.249 e. The van der Waals surface area contributed by atoms with E-state index in [2.05, 4.69) is 15.3 Å². The second-order valence-corrected chi connectivity index (χ2v) is 3.81. The van der Waals surface area contributed by atoms with Crippen molar-refractivity contribution in [1.82, 2.24) is 15.3 Å². The minimum absolute atomic E-state index is 0.0272. The number of amides is 1. The van der Waals surface area contributed by atoms with Crippen molar-refractivity contribution in [3.05, 3.63) is 18.2 Å². The van der Waals surface area contributed by atoms with Gasteiger partial charge in [-0.1, -0.05) is 0 Å². The second kappa shape index (κ2) is 5.09. The predicted molar refractivity (Wildman–Crippen MR) is 57.4 cm³/mol. The van der Waals surface area contributed by atoms with Gasteiger partial charge in [0.15, 0.2) is 0 Å². The van der Waals surface area contributed by atoms with Crippen LogP contribution in [0.25, 0.3) is 0 Å². The Morgan fingerprint density at radius 3 is 3.19 bits per heavy atom. The Balaban J connectivity index is 1.76. The highest BCUT2D eigenvalue weighted by atomic mass is 16.5. The van der Waals surface area contributed by atoms with Gasteiger partial charge >= 0.3 is 0 Å². The monoisotopic (exact) mass is 224 g/mol. The molecule has 0 aromatic carbocycles. The molecular weight excluding hydrogens is 208 g/mol. The summed E-state index contributed by atoms with van der Waals surface area (Å²) in [5.41, 5.74) is 5.48. The third-order valence-corrected chi connectivity index (χ3v) is 2.65. The summed E-state index contributed by atoms with van der Waals surface area (Å²) in [5, 5.41) is 2.77. The number of rotatable bonds is 4. The lowest BCUT2D eigenvalue weighted by Crippen LogP contribution is -2.35. The molecule has 0 saturated carbocycles. The lowest BCUT2D eigenvalue weighted by molar-refractivity contribution is -0.132. The second-order valence-electron chi connectivity index (χ2n) is 3.81. The maximum absolute atomic E-state index is 11.7. The number of aromatic nitrogens is 2. The van der Waals surface area contributed by atoms with Crippen LogP contribution in [0.4, 0.5) is 0 Å². The van der Waals surface area contributed by atoms with Crippen LogP contribution in [0, 0.1) is 0 Å². The zero-order valence-electron chi connectivity index (χ0n) is 8.98. The van der Waals surface area contributed by atoms with Crippen LogP contribution in [-0.4, -0.2) is 34.6 Å². The van der Waals surface area contributed by atoms with E-state index in [1.54, 1.807) is 12.4 Å². The summed E-state index contributed by atoms with van der Waals surface area (Å²) in [5.74, 6) is 0.647. The Kier molecular flexibility index (Phi) is 3.53. The summed E-state index contributed by atoms with van der Waals surface area (Å²) >= 11 is 0. The minimum Gasteiger partial charge on any atom is -0.364 e. The Bertz CT molecular complexity index is 339. The van der Waals surface area contributed by atoms with Crippen LogP contribution in [0.15, 0.2) is 12.4 Å². The van der Waals surface area contributed by atoms with E-state index in [4.69, 9.17) is 10.5 Å². The summed E-state index contributed by atoms with van der Waals surface area (Å²) in [6.07, 6.45) is 4.64. The largest absolute Gasteiger partial charge is 0.364 e. The SMILES string of the molecule is NCC1CCC(C(=O)NCc2ncc[nH]2)O1. The minimum atomic E-state index is -0.358. The van der Waals surface area contributed by atoms with E-state index in [1.165, 1.54) is 0 Å². The van der Waals surface area contributed by atoms with Gasteiger partial charge in [-0.15, -0.1) is 0 Å². The van der Waals surface area contributed by atoms with Gasteiger partial charge in [-0.25, -0.2) is 4.98 Å². The van der Waals surface area contributed by atoms with Crippen LogP contribution in [-0.2, 0) is 16.1 Å². The van der Waals surface area contributed by atoms with Crippen LogP contribution < -0.4 is 11.1 Å². The quantitative estimate of drug-likeness (QED) is 0.644. The van der Waals surface area contributed by atoms with Crippen LogP contribution >= 0.6 is 0 Å². The van der Waals surface area contributed by atoms with Gasteiger partial charge in [0, 0.05) is 18.9 Å². The van der Waals surface area contributed by atoms with Crippen LogP contribution in [0.1, 0.15) is 18.7 Å². The molecule has 1 aliphatic rings. The number of aromatic amines is 1. The first kappa shape index (κ1) is 11.1. The van der Waals surface area contributed by atoms with Gasteiger partial charge < -0.3 is 20.8 Å². The van der Waals surface area contributed by atoms with E-state index >= 15 is 0 Å². The highest BCUT2D eigenvalue weighted by Gasteiger charge is 2.29. The highest BCUT2D eigenvalue weighted by Crippen LogP contribution is 2.18. The average Bonchev–Trinajstić information content (AvgIpc) is 2.96. The van der Waals surface area contributed by atoms with E-state index in [0.717, 1.165) is 18.7 Å². The summed E-state index contributed by atoms with van der Waals surface area (Å²) in [6.45, 7) is 0.876. The molecule has 0 spiro atoms. The van der Waals surface area contributed by atoms with Crippen molar-refractivity contribution in [3.8, 4) is 0 Å². The fraction of sp³-hybridized carbons (Fsp3) is 0.600. The topological polar surface area (TPSA) is 93.0 Å². The first-order chi connectivity index (χ1) is 7.79. The number of H-pyrrole nitrogens is 1. The van der Waals surface area contributed by atoms with Gasteiger partial charge in [-0.2, -0.15) is 0 Å². The average molecular weight is 224 g/mol. The molecule has 16 heavy (non-hydrogen) atoms. The molecule has 4 N–H and O–H groups in total. The van der Waals surface area contributed by atoms with E-state index in [0.29, 0.717) is 13.1 Å². The molecule has 0 bridgehead atoms. The van der Waals surface area contributed by atoms with Crippen molar-refractivity contribution in [3.63, 3.8) is 0 Å². The molecule has 1 aromatic rings. The highest BCUT2D eigenvalue weighted by molar-refractivity contribution is 5.80. The third kappa shape index (κ3) is 2.59. The Labute approximate surface area is 93.6 Å². The lowest BCUT2D eigenvalue weighted by atomic mass is 10.2. The van der Waals surface area contributed by atoms with E-state index in [-0.39, 0.29) is 18.1 Å². The molecule has 0 aliphatic carbocycles. The number of carbonyl (C=O) groups is 1. The van der Waals surface area contributed by atoms with Crippen molar-refractivity contribution in [2.24, 2.45) is 5.73 Å². The van der Waals surface area contributed by atoms with Gasteiger partial charge in [0.2, 0.25) is 5.91 Å². The summed E-state index contributed by atoms with van der Waals surface area (Å²) in [4.78, 5) is 18.6. The smallest absolute Gasteiger partial charge is 0.249 e. The first-order valence-corrected chi connectivity index (χ1v) is 5.41. The van der Waals surface area contributed by atoms with Gasteiger partial charge in [0.1, 0.15) is 11.9 Å². The standard InChI is InChI=1S/C10H16N4O2/c11-5-7-1-2-8(16-7)10(15)14-6-9-12-3-4-13-9/h3-4,7-8H,1-2,5-6,11H2,(H,12,13)(H,14,15). The maximum atomic E-state index is 11.7. The van der Waals surface area contributed by atoms with Crippen LogP contribution in [0.3, 0.4) is 0 Å². The fourth-order valence-corrected chi connectivity index (χ4v) is 1.75. The summed E-state index contributed by atoms with van der Waals surface area (Å²) < 4.78 is 5.47. The van der Waals surface area contributed by atoms with Crippen molar-refractivity contribution in [2.45, 2.75) is 31.6 Å². The number of carbonyl (C=O) groups excluding carboxylic acids is 1. The van der Waals surface area contributed by atoms with Gasteiger partial charge in [0.25, 0.3) is 0 Å². The number of hydrogen-bond donors (Lipinski definition) is 3. The molecule has 1 aliphatic heterocycles. The zero-order valence-corrected chi connectivity index (χ0v) is 8.98. The Morgan fingerprint density at radius 1 is 1.69 bits per heavy atom. The normalized spacial score (nSPS) is 24.6. The van der Waals surface area contributed by atoms with E-state index < -0.39 is 0 Å². The van der Waals surface area contributed by atoms with Crippen molar-refractivity contribution >= 4 is 5.91 Å². The molecule has 88 valence electrons. The van der Waals surface area contributed by atoms with Crippen LogP contribution in [0.2, 0.25) is 0 Å². The third-order valence-electron chi connectivity index (χ3n) is 2.65. The lowest BCUT2D eigenvalue weighted by Gasteiger charge is -2.11. The van der Waals surface area contributed by atoms with E-state index in [1.807, 2.05) is 0 Å². The molecule has 2 heterocycles. The molecule has 2 atom stereocenters. The number of hydrogen-bond acceptors (Lipinski definition) is 4.